The highest BCUT2D eigenvalue weighted by atomic mass is 32.2. The number of thiophene rings is 1. The summed E-state index contributed by atoms with van der Waals surface area (Å²) in [6.07, 6.45) is 3.77. The summed E-state index contributed by atoms with van der Waals surface area (Å²) in [6.45, 7) is 2.10. The maximum atomic E-state index is 13.3. The van der Waals surface area contributed by atoms with Crippen LogP contribution in [0.5, 0.6) is 11.5 Å². The molecule has 2 aromatic heterocycles. The van der Waals surface area contributed by atoms with Crippen LogP contribution in [0.15, 0.2) is 51.4 Å². The van der Waals surface area contributed by atoms with Crippen molar-refractivity contribution in [2.45, 2.75) is 23.5 Å². The molecule has 0 saturated carbocycles. The van der Waals surface area contributed by atoms with Gasteiger partial charge in [-0.25, -0.2) is 8.42 Å². The topological polar surface area (TPSA) is 102 Å². The number of carbonyl (C=O) groups excluding carboxylic acids is 1. The van der Waals surface area contributed by atoms with Gasteiger partial charge < -0.3 is 18.9 Å². The summed E-state index contributed by atoms with van der Waals surface area (Å²) >= 11 is 1.20. The van der Waals surface area contributed by atoms with Crippen molar-refractivity contribution in [2.75, 3.05) is 40.4 Å². The molecule has 11 heteroatoms. The quantitative estimate of drug-likeness (QED) is 0.491. The van der Waals surface area contributed by atoms with Gasteiger partial charge in [0.2, 0.25) is 0 Å². The Kier molecular flexibility index (Phi) is 6.32. The number of piperidine rings is 1. The van der Waals surface area contributed by atoms with E-state index in [1.54, 1.807) is 54.9 Å². The number of rotatable bonds is 6. The highest BCUT2D eigenvalue weighted by molar-refractivity contribution is 7.91. The molecule has 0 aliphatic carbocycles. The Labute approximate surface area is 208 Å². The average molecular weight is 518 g/mol. The average Bonchev–Trinajstić information content (AvgIpc) is 3.65. The summed E-state index contributed by atoms with van der Waals surface area (Å²) in [6, 6.07) is 10.3. The standard InChI is InChI=1S/C24H27N3O6S2/c1-31-17-3-4-20(32-2)18(15-17)23(28)26-11-8-24(9-12-26)10-13-27(16-24)35(29,30)22-6-5-21(34-22)19-7-14-33-25-19/h3-7,14-15H,8-13,16H2,1-2H3. The molecule has 0 bridgehead atoms. The number of ether oxygens (including phenoxy) is 2. The van der Waals surface area contributed by atoms with Crippen molar-refractivity contribution in [2.24, 2.45) is 5.41 Å². The lowest BCUT2D eigenvalue weighted by atomic mass is 9.78. The van der Waals surface area contributed by atoms with Gasteiger partial charge in [-0.05, 0) is 55.0 Å². The first-order valence-corrected chi connectivity index (χ1v) is 13.6. The number of amides is 1. The van der Waals surface area contributed by atoms with E-state index in [9.17, 15) is 13.2 Å². The molecule has 1 aromatic carbocycles. The number of sulfonamides is 1. The first-order chi connectivity index (χ1) is 16.8. The van der Waals surface area contributed by atoms with E-state index in [0.29, 0.717) is 53.1 Å². The predicted octanol–water partition coefficient (Wildman–Crippen LogP) is 3.74. The van der Waals surface area contributed by atoms with Crippen LogP contribution < -0.4 is 9.47 Å². The summed E-state index contributed by atoms with van der Waals surface area (Å²) in [5.41, 5.74) is 0.979. The van der Waals surface area contributed by atoms with Gasteiger partial charge in [0.1, 0.15) is 27.7 Å². The van der Waals surface area contributed by atoms with Gasteiger partial charge in [0, 0.05) is 32.2 Å². The molecule has 186 valence electrons. The summed E-state index contributed by atoms with van der Waals surface area (Å²) in [5, 5.41) is 3.89. The van der Waals surface area contributed by atoms with E-state index in [-0.39, 0.29) is 11.3 Å². The van der Waals surface area contributed by atoms with Crippen LogP contribution in [0, 0.1) is 5.41 Å². The monoisotopic (exact) mass is 517 g/mol. The van der Waals surface area contributed by atoms with Crippen LogP contribution >= 0.6 is 11.3 Å². The molecule has 9 nitrogen and oxygen atoms in total. The lowest BCUT2D eigenvalue weighted by molar-refractivity contribution is 0.0596. The Bertz CT molecular complexity index is 1310. The van der Waals surface area contributed by atoms with Gasteiger partial charge in [0.25, 0.3) is 15.9 Å². The summed E-state index contributed by atoms with van der Waals surface area (Å²) in [5.74, 6) is 1.01. The largest absolute Gasteiger partial charge is 0.497 e. The molecule has 2 fully saturated rings. The van der Waals surface area contributed by atoms with Crippen LogP contribution in [0.25, 0.3) is 10.6 Å². The minimum absolute atomic E-state index is 0.1000. The van der Waals surface area contributed by atoms with Crippen LogP contribution in [0.4, 0.5) is 0 Å². The Balaban J connectivity index is 1.26. The van der Waals surface area contributed by atoms with E-state index in [2.05, 4.69) is 5.16 Å². The number of hydrogen-bond acceptors (Lipinski definition) is 8. The van der Waals surface area contributed by atoms with Gasteiger partial charge in [-0.1, -0.05) is 5.16 Å². The Morgan fingerprint density at radius 1 is 1.06 bits per heavy atom. The van der Waals surface area contributed by atoms with Crippen molar-refractivity contribution < 1.29 is 27.2 Å². The van der Waals surface area contributed by atoms with Gasteiger partial charge in [0.05, 0.1) is 24.7 Å². The normalized spacial score (nSPS) is 18.2. The van der Waals surface area contributed by atoms with Crippen molar-refractivity contribution in [1.29, 1.82) is 0 Å². The maximum absolute atomic E-state index is 13.3. The second kappa shape index (κ2) is 9.29. The zero-order valence-electron chi connectivity index (χ0n) is 19.6. The first-order valence-electron chi connectivity index (χ1n) is 11.4. The van der Waals surface area contributed by atoms with Crippen molar-refractivity contribution in [3.8, 4) is 22.1 Å². The van der Waals surface area contributed by atoms with E-state index in [1.807, 2.05) is 4.90 Å². The number of likely N-dealkylation sites (tertiary alicyclic amines) is 1. The molecule has 2 saturated heterocycles. The van der Waals surface area contributed by atoms with Crippen LogP contribution in [0.3, 0.4) is 0 Å². The molecule has 1 amide bonds. The molecule has 0 radical (unpaired) electrons. The smallest absolute Gasteiger partial charge is 0.257 e. The number of aromatic nitrogens is 1. The molecule has 3 aromatic rings. The van der Waals surface area contributed by atoms with Gasteiger partial charge >= 0.3 is 0 Å². The molecule has 35 heavy (non-hydrogen) atoms. The van der Waals surface area contributed by atoms with Crippen LogP contribution in [0.1, 0.15) is 29.6 Å². The van der Waals surface area contributed by atoms with E-state index < -0.39 is 10.0 Å². The Morgan fingerprint density at radius 3 is 2.51 bits per heavy atom. The van der Waals surface area contributed by atoms with Crippen LogP contribution in [-0.4, -0.2) is 69.1 Å². The Hall–Kier alpha value is -2.89. The minimum atomic E-state index is -3.59. The molecular formula is C24H27N3O6S2. The number of carbonyl (C=O) groups is 1. The zero-order chi connectivity index (χ0) is 24.6. The fourth-order valence-electron chi connectivity index (χ4n) is 4.91. The summed E-state index contributed by atoms with van der Waals surface area (Å²) in [7, 11) is -0.489. The van der Waals surface area contributed by atoms with Gasteiger partial charge in [-0.2, -0.15) is 4.31 Å². The fraction of sp³-hybridized carbons (Fsp3) is 0.417. The second-order valence-corrected chi connectivity index (χ2v) is 12.2. The van der Waals surface area contributed by atoms with Crippen LogP contribution in [0.2, 0.25) is 0 Å². The second-order valence-electron chi connectivity index (χ2n) is 8.95. The summed E-state index contributed by atoms with van der Waals surface area (Å²) in [4.78, 5) is 15.8. The van der Waals surface area contributed by atoms with Crippen LogP contribution in [-0.2, 0) is 10.0 Å². The molecular weight excluding hydrogens is 490 g/mol. The number of nitrogens with zero attached hydrogens (tertiary/aromatic N) is 3. The lowest BCUT2D eigenvalue weighted by Gasteiger charge is -2.39. The highest BCUT2D eigenvalue weighted by Gasteiger charge is 2.45. The van der Waals surface area contributed by atoms with Crippen molar-refractivity contribution in [3.05, 3.63) is 48.2 Å². The molecule has 2 aliphatic heterocycles. The highest BCUT2D eigenvalue weighted by Crippen LogP contribution is 2.43. The molecule has 5 rings (SSSR count). The van der Waals surface area contributed by atoms with Crippen molar-refractivity contribution in [1.82, 2.24) is 14.4 Å². The third kappa shape index (κ3) is 4.43. The maximum Gasteiger partial charge on any atom is 0.257 e. The van der Waals surface area contributed by atoms with E-state index in [1.165, 1.54) is 17.6 Å². The van der Waals surface area contributed by atoms with E-state index in [4.69, 9.17) is 14.0 Å². The van der Waals surface area contributed by atoms with Crippen molar-refractivity contribution in [3.63, 3.8) is 0 Å². The molecule has 0 N–H and O–H groups in total. The number of benzene rings is 1. The third-order valence-corrected chi connectivity index (χ3v) is 10.4. The zero-order valence-corrected chi connectivity index (χ0v) is 21.2. The molecule has 4 heterocycles. The molecule has 1 spiro atoms. The third-order valence-electron chi connectivity index (χ3n) is 7.02. The van der Waals surface area contributed by atoms with Gasteiger partial charge in [0.15, 0.2) is 0 Å². The van der Waals surface area contributed by atoms with Gasteiger partial charge in [-0.3, -0.25) is 4.79 Å². The molecule has 0 unspecified atom stereocenters. The predicted molar refractivity (Wildman–Crippen MR) is 130 cm³/mol. The van der Waals surface area contributed by atoms with Crippen molar-refractivity contribution >= 4 is 27.3 Å². The SMILES string of the molecule is COc1ccc(OC)c(C(=O)N2CCC3(CC2)CCN(S(=O)(=O)c2ccc(-c4ccon4)s2)C3)c1. The molecule has 0 atom stereocenters. The number of methoxy groups -OCH3 is 2. The minimum Gasteiger partial charge on any atom is -0.497 e. The Morgan fingerprint density at radius 2 is 1.83 bits per heavy atom. The lowest BCUT2D eigenvalue weighted by Crippen LogP contribution is -2.44. The molecule has 2 aliphatic rings. The fourth-order valence-corrected chi connectivity index (χ4v) is 7.88. The van der Waals surface area contributed by atoms with E-state index in [0.717, 1.165) is 24.1 Å². The van der Waals surface area contributed by atoms with E-state index >= 15 is 0 Å². The number of hydrogen-bond donors (Lipinski definition) is 0. The first kappa shape index (κ1) is 23.8. The van der Waals surface area contributed by atoms with Gasteiger partial charge in [-0.15, -0.1) is 11.3 Å². The summed E-state index contributed by atoms with van der Waals surface area (Å²) < 4.78 is 44.1.